The number of carbonyl (C=O) groups is 1. The van der Waals surface area contributed by atoms with Gasteiger partial charge in [0.2, 0.25) is 5.91 Å². The Morgan fingerprint density at radius 2 is 2.29 bits per heavy atom. The average molecular weight is 386 g/mol. The van der Waals surface area contributed by atoms with Gasteiger partial charge in [-0.25, -0.2) is 14.4 Å². The van der Waals surface area contributed by atoms with Gasteiger partial charge in [-0.05, 0) is 44.4 Å². The Labute approximate surface area is 165 Å². The monoisotopic (exact) mass is 386 g/mol. The summed E-state index contributed by atoms with van der Waals surface area (Å²) in [6.07, 6.45) is 4.30. The predicted molar refractivity (Wildman–Crippen MR) is 106 cm³/mol. The van der Waals surface area contributed by atoms with Gasteiger partial charge in [-0.3, -0.25) is 4.79 Å². The van der Waals surface area contributed by atoms with E-state index in [1.54, 1.807) is 18.3 Å². The van der Waals surface area contributed by atoms with E-state index < -0.39 is 0 Å². The van der Waals surface area contributed by atoms with Crippen LogP contribution < -0.4 is 10.2 Å². The summed E-state index contributed by atoms with van der Waals surface area (Å²) < 4.78 is 18.8. The van der Waals surface area contributed by atoms with E-state index in [1.807, 2.05) is 13.0 Å². The van der Waals surface area contributed by atoms with E-state index >= 15 is 0 Å². The predicted octanol–water partition coefficient (Wildman–Crippen LogP) is 3.04. The fourth-order valence-electron chi connectivity index (χ4n) is 3.37. The number of piperidine rings is 1. The van der Waals surface area contributed by atoms with Crippen LogP contribution in [-0.4, -0.2) is 48.7 Å². The van der Waals surface area contributed by atoms with Crippen LogP contribution in [0.4, 0.5) is 10.2 Å². The van der Waals surface area contributed by atoms with E-state index in [1.165, 1.54) is 12.1 Å². The molecule has 0 saturated carbocycles. The number of nitrogens with zero attached hydrogens (tertiary/aromatic N) is 3. The highest BCUT2D eigenvalue weighted by molar-refractivity contribution is 5.79. The molecule has 0 bridgehead atoms. The Hall–Kier alpha value is -2.54. The maximum atomic E-state index is 13.5. The first kappa shape index (κ1) is 20.2. The van der Waals surface area contributed by atoms with Crippen LogP contribution in [0.3, 0.4) is 0 Å². The third kappa shape index (κ3) is 5.48. The van der Waals surface area contributed by atoms with Crippen molar-refractivity contribution in [2.45, 2.75) is 26.2 Å². The van der Waals surface area contributed by atoms with Gasteiger partial charge in [0.1, 0.15) is 11.6 Å². The van der Waals surface area contributed by atoms with Crippen molar-refractivity contribution in [2.75, 3.05) is 37.7 Å². The van der Waals surface area contributed by atoms with Crippen LogP contribution in [0.2, 0.25) is 0 Å². The molecule has 6 nitrogen and oxygen atoms in total. The summed E-state index contributed by atoms with van der Waals surface area (Å²) in [5.41, 5.74) is 0.641. The third-order valence-corrected chi connectivity index (χ3v) is 4.81. The van der Waals surface area contributed by atoms with Gasteiger partial charge in [0.15, 0.2) is 5.82 Å². The maximum Gasteiger partial charge on any atom is 0.224 e. The summed E-state index contributed by atoms with van der Waals surface area (Å²) in [4.78, 5) is 23.5. The lowest BCUT2D eigenvalue weighted by atomic mass is 9.97. The number of anilines is 1. The van der Waals surface area contributed by atoms with Gasteiger partial charge in [-0.1, -0.05) is 12.1 Å². The van der Waals surface area contributed by atoms with Crippen LogP contribution in [-0.2, 0) is 9.53 Å². The lowest BCUT2D eigenvalue weighted by molar-refractivity contribution is -0.125. The van der Waals surface area contributed by atoms with Crippen molar-refractivity contribution in [3.05, 3.63) is 42.3 Å². The number of benzene rings is 1. The van der Waals surface area contributed by atoms with Gasteiger partial charge in [-0.15, -0.1) is 0 Å². The molecule has 1 aromatic carbocycles. The molecule has 0 spiro atoms. The van der Waals surface area contributed by atoms with E-state index in [0.717, 1.165) is 31.6 Å². The van der Waals surface area contributed by atoms with Crippen LogP contribution in [0.15, 0.2) is 36.5 Å². The van der Waals surface area contributed by atoms with E-state index in [2.05, 4.69) is 20.2 Å². The molecule has 2 aromatic rings. The number of rotatable bonds is 8. The SMILES string of the molecule is CCOCCCNC(=O)C1CCCN(c2ccnc(-c3cccc(F)c3)n2)C1. The van der Waals surface area contributed by atoms with Gasteiger partial charge in [0.25, 0.3) is 0 Å². The molecule has 7 heteroatoms. The molecule has 0 radical (unpaired) electrons. The molecule has 0 aliphatic carbocycles. The molecule has 1 saturated heterocycles. The van der Waals surface area contributed by atoms with Gasteiger partial charge in [0, 0.05) is 44.6 Å². The smallest absolute Gasteiger partial charge is 0.224 e. The topological polar surface area (TPSA) is 67.3 Å². The van der Waals surface area contributed by atoms with Crippen molar-refractivity contribution in [1.82, 2.24) is 15.3 Å². The number of hydrogen-bond donors (Lipinski definition) is 1. The minimum absolute atomic E-state index is 0.0616. The zero-order chi connectivity index (χ0) is 19.8. The molecule has 2 heterocycles. The zero-order valence-electron chi connectivity index (χ0n) is 16.2. The first-order valence-electron chi connectivity index (χ1n) is 9.86. The second-order valence-electron chi connectivity index (χ2n) is 6.88. The van der Waals surface area contributed by atoms with Crippen molar-refractivity contribution >= 4 is 11.7 Å². The van der Waals surface area contributed by atoms with Crippen LogP contribution in [0.1, 0.15) is 26.2 Å². The summed E-state index contributed by atoms with van der Waals surface area (Å²) in [5.74, 6) is 0.960. The molecular formula is C21H27FN4O2. The van der Waals surface area contributed by atoms with Crippen molar-refractivity contribution in [2.24, 2.45) is 5.92 Å². The number of hydrogen-bond acceptors (Lipinski definition) is 5. The molecule has 3 rings (SSSR count). The number of nitrogens with one attached hydrogen (secondary N) is 1. The molecular weight excluding hydrogens is 359 g/mol. The van der Waals surface area contributed by atoms with Gasteiger partial charge >= 0.3 is 0 Å². The van der Waals surface area contributed by atoms with E-state index in [9.17, 15) is 9.18 Å². The molecule has 1 aromatic heterocycles. The molecule has 1 atom stereocenters. The van der Waals surface area contributed by atoms with Crippen molar-refractivity contribution in [3.8, 4) is 11.4 Å². The van der Waals surface area contributed by atoms with Gasteiger partial charge in [0.05, 0.1) is 5.92 Å². The minimum Gasteiger partial charge on any atom is -0.382 e. The Kier molecular flexibility index (Phi) is 7.31. The van der Waals surface area contributed by atoms with Crippen LogP contribution in [0.25, 0.3) is 11.4 Å². The normalized spacial score (nSPS) is 16.8. The number of carbonyl (C=O) groups excluding carboxylic acids is 1. The second-order valence-corrected chi connectivity index (χ2v) is 6.88. The highest BCUT2D eigenvalue weighted by Gasteiger charge is 2.26. The number of aromatic nitrogens is 2. The number of halogens is 1. The fraction of sp³-hybridized carbons (Fsp3) is 0.476. The summed E-state index contributed by atoms with van der Waals surface area (Å²) >= 11 is 0. The highest BCUT2D eigenvalue weighted by atomic mass is 19.1. The highest BCUT2D eigenvalue weighted by Crippen LogP contribution is 2.24. The lowest BCUT2D eigenvalue weighted by Gasteiger charge is -2.33. The largest absolute Gasteiger partial charge is 0.382 e. The number of amides is 1. The summed E-state index contributed by atoms with van der Waals surface area (Å²) in [5, 5.41) is 3.01. The van der Waals surface area contributed by atoms with E-state index in [4.69, 9.17) is 4.74 Å². The quantitative estimate of drug-likeness (QED) is 0.707. The summed E-state index contributed by atoms with van der Waals surface area (Å²) in [7, 11) is 0. The molecule has 150 valence electrons. The second kappa shape index (κ2) is 10.1. The fourth-order valence-corrected chi connectivity index (χ4v) is 3.37. The lowest BCUT2D eigenvalue weighted by Crippen LogP contribution is -2.43. The summed E-state index contributed by atoms with van der Waals surface area (Å²) in [6.45, 7) is 5.42. The Morgan fingerprint density at radius 1 is 1.39 bits per heavy atom. The molecule has 1 aliphatic heterocycles. The molecule has 28 heavy (non-hydrogen) atoms. The summed E-state index contributed by atoms with van der Waals surface area (Å²) in [6, 6.07) is 8.10. The van der Waals surface area contributed by atoms with E-state index in [0.29, 0.717) is 37.7 Å². The average Bonchev–Trinajstić information content (AvgIpc) is 2.73. The van der Waals surface area contributed by atoms with Crippen LogP contribution in [0.5, 0.6) is 0 Å². The van der Waals surface area contributed by atoms with Crippen LogP contribution in [0, 0.1) is 11.7 Å². The molecule has 1 amide bonds. The minimum atomic E-state index is -0.314. The van der Waals surface area contributed by atoms with Crippen molar-refractivity contribution in [1.29, 1.82) is 0 Å². The Balaban J connectivity index is 1.61. The zero-order valence-corrected chi connectivity index (χ0v) is 16.2. The maximum absolute atomic E-state index is 13.5. The standard InChI is InChI=1S/C21H27FN4O2/c1-2-28-13-5-10-24-21(27)17-7-4-12-26(15-17)19-9-11-23-20(25-19)16-6-3-8-18(22)14-16/h3,6,8-9,11,14,17H,2,4-5,7,10,12-13,15H2,1H3,(H,24,27). The molecule has 1 N–H and O–H groups in total. The van der Waals surface area contributed by atoms with Gasteiger partial charge < -0.3 is 15.0 Å². The molecule has 1 aliphatic rings. The van der Waals surface area contributed by atoms with E-state index in [-0.39, 0.29) is 17.6 Å². The first-order valence-corrected chi connectivity index (χ1v) is 9.86. The third-order valence-electron chi connectivity index (χ3n) is 4.81. The van der Waals surface area contributed by atoms with Crippen molar-refractivity contribution < 1.29 is 13.9 Å². The Morgan fingerprint density at radius 3 is 3.11 bits per heavy atom. The molecule has 1 fully saturated rings. The van der Waals surface area contributed by atoms with Crippen molar-refractivity contribution in [3.63, 3.8) is 0 Å². The Bertz CT molecular complexity index is 787. The van der Waals surface area contributed by atoms with Crippen LogP contribution >= 0.6 is 0 Å². The molecule has 1 unspecified atom stereocenters. The first-order chi connectivity index (χ1) is 13.7. The van der Waals surface area contributed by atoms with Gasteiger partial charge in [-0.2, -0.15) is 0 Å². The number of ether oxygens (including phenoxy) is 1.